The molecule has 1 aromatic rings. The molecule has 1 rings (SSSR count). The van der Waals surface area contributed by atoms with Gasteiger partial charge in [0.2, 0.25) is 5.91 Å². The Bertz CT molecular complexity index is 362. The first-order chi connectivity index (χ1) is 8.50. The van der Waals surface area contributed by atoms with Crippen LogP contribution in [-0.4, -0.2) is 18.5 Å². The summed E-state index contributed by atoms with van der Waals surface area (Å²) >= 11 is 0. The Labute approximate surface area is 110 Å². The first-order valence-electron chi connectivity index (χ1n) is 6.58. The third-order valence-corrected chi connectivity index (χ3v) is 3.07. The fraction of sp³-hybridized carbons (Fsp3) is 0.533. The van der Waals surface area contributed by atoms with Crippen molar-refractivity contribution in [2.24, 2.45) is 11.7 Å². The zero-order chi connectivity index (χ0) is 13.5. The number of primary amides is 1. The summed E-state index contributed by atoms with van der Waals surface area (Å²) in [5.74, 6) is 0.570. The second-order valence-electron chi connectivity index (χ2n) is 5.30. The fourth-order valence-electron chi connectivity index (χ4n) is 1.95. The van der Waals surface area contributed by atoms with E-state index in [1.54, 1.807) is 0 Å². The van der Waals surface area contributed by atoms with Gasteiger partial charge in [-0.05, 0) is 30.4 Å². The molecular formula is C15H24N2O. The van der Waals surface area contributed by atoms with Crippen molar-refractivity contribution in [3.63, 3.8) is 0 Å². The molecule has 100 valence electrons. The highest BCUT2D eigenvalue weighted by Gasteiger charge is 2.19. The van der Waals surface area contributed by atoms with E-state index in [4.69, 9.17) is 5.73 Å². The largest absolute Gasteiger partial charge is 0.368 e. The highest BCUT2D eigenvalue weighted by Crippen LogP contribution is 2.20. The summed E-state index contributed by atoms with van der Waals surface area (Å²) in [4.78, 5) is 11.4. The van der Waals surface area contributed by atoms with E-state index in [2.05, 4.69) is 38.2 Å². The van der Waals surface area contributed by atoms with Crippen LogP contribution in [0, 0.1) is 5.92 Å². The monoisotopic (exact) mass is 248 g/mol. The molecule has 0 aromatic heterocycles. The molecule has 3 N–H and O–H groups in total. The van der Waals surface area contributed by atoms with E-state index in [0.29, 0.717) is 11.8 Å². The lowest BCUT2D eigenvalue weighted by Crippen LogP contribution is -2.43. The molecule has 2 atom stereocenters. The number of carbonyl (C=O) groups excluding carboxylic acids is 1. The van der Waals surface area contributed by atoms with Gasteiger partial charge < -0.3 is 11.1 Å². The van der Waals surface area contributed by atoms with Crippen LogP contribution >= 0.6 is 0 Å². The smallest absolute Gasteiger partial charge is 0.234 e. The predicted molar refractivity (Wildman–Crippen MR) is 75.3 cm³/mol. The topological polar surface area (TPSA) is 55.1 Å². The SMILES string of the molecule is CC(C)CNC(CC(C)c1ccccc1)C(N)=O. The Hall–Kier alpha value is -1.35. The molecule has 3 nitrogen and oxygen atoms in total. The molecule has 0 radical (unpaired) electrons. The molecule has 3 heteroatoms. The van der Waals surface area contributed by atoms with Crippen LogP contribution in [0.15, 0.2) is 30.3 Å². The first-order valence-corrected chi connectivity index (χ1v) is 6.58. The fourth-order valence-corrected chi connectivity index (χ4v) is 1.95. The number of rotatable bonds is 7. The Kier molecular flexibility index (Phi) is 5.86. The summed E-state index contributed by atoms with van der Waals surface area (Å²) in [5, 5.41) is 3.24. The number of benzene rings is 1. The second kappa shape index (κ2) is 7.17. The standard InChI is InChI=1S/C15H24N2O/c1-11(2)10-17-14(15(16)18)9-12(3)13-7-5-4-6-8-13/h4-8,11-12,14,17H,9-10H2,1-3H3,(H2,16,18). The Morgan fingerprint density at radius 1 is 1.22 bits per heavy atom. The summed E-state index contributed by atoms with van der Waals surface area (Å²) in [7, 11) is 0. The van der Waals surface area contributed by atoms with E-state index in [9.17, 15) is 4.79 Å². The minimum absolute atomic E-state index is 0.248. The Morgan fingerprint density at radius 3 is 2.33 bits per heavy atom. The van der Waals surface area contributed by atoms with E-state index in [1.165, 1.54) is 5.56 Å². The molecular weight excluding hydrogens is 224 g/mol. The van der Waals surface area contributed by atoms with Gasteiger partial charge in [-0.1, -0.05) is 51.1 Å². The van der Waals surface area contributed by atoms with Gasteiger partial charge in [-0.15, -0.1) is 0 Å². The summed E-state index contributed by atoms with van der Waals surface area (Å²) < 4.78 is 0. The van der Waals surface area contributed by atoms with E-state index in [1.807, 2.05) is 18.2 Å². The zero-order valence-electron chi connectivity index (χ0n) is 11.5. The molecule has 0 aliphatic heterocycles. The van der Waals surface area contributed by atoms with Crippen molar-refractivity contribution in [3.8, 4) is 0 Å². The van der Waals surface area contributed by atoms with Crippen molar-refractivity contribution in [2.45, 2.75) is 39.2 Å². The molecule has 1 aromatic carbocycles. The average Bonchev–Trinajstić information content (AvgIpc) is 2.34. The van der Waals surface area contributed by atoms with Gasteiger partial charge in [0.25, 0.3) is 0 Å². The summed E-state index contributed by atoms with van der Waals surface area (Å²) in [6, 6.07) is 9.97. The van der Waals surface area contributed by atoms with Gasteiger partial charge in [0.15, 0.2) is 0 Å². The quantitative estimate of drug-likeness (QED) is 0.778. The molecule has 0 saturated heterocycles. The molecule has 0 saturated carbocycles. The number of hydrogen-bond acceptors (Lipinski definition) is 2. The van der Waals surface area contributed by atoms with Gasteiger partial charge in [0.1, 0.15) is 0 Å². The normalized spacial score (nSPS) is 14.4. The molecule has 0 fully saturated rings. The highest BCUT2D eigenvalue weighted by molar-refractivity contribution is 5.79. The van der Waals surface area contributed by atoms with Crippen molar-refractivity contribution in [3.05, 3.63) is 35.9 Å². The van der Waals surface area contributed by atoms with Crippen LogP contribution in [0.1, 0.15) is 38.7 Å². The average molecular weight is 248 g/mol. The van der Waals surface area contributed by atoms with Gasteiger partial charge >= 0.3 is 0 Å². The summed E-state index contributed by atoms with van der Waals surface area (Å²) in [6.07, 6.45) is 0.742. The van der Waals surface area contributed by atoms with Crippen LogP contribution in [-0.2, 0) is 4.79 Å². The van der Waals surface area contributed by atoms with Crippen LogP contribution in [0.4, 0.5) is 0 Å². The molecule has 0 heterocycles. The third kappa shape index (κ3) is 4.88. The highest BCUT2D eigenvalue weighted by atomic mass is 16.1. The van der Waals surface area contributed by atoms with Crippen LogP contribution < -0.4 is 11.1 Å². The van der Waals surface area contributed by atoms with Gasteiger partial charge in [-0.2, -0.15) is 0 Å². The Morgan fingerprint density at radius 2 is 1.83 bits per heavy atom. The van der Waals surface area contributed by atoms with E-state index < -0.39 is 0 Å². The number of hydrogen-bond donors (Lipinski definition) is 2. The number of nitrogens with two attached hydrogens (primary N) is 1. The summed E-state index contributed by atoms with van der Waals surface area (Å²) in [5.41, 5.74) is 6.69. The Balaban J connectivity index is 2.58. The van der Waals surface area contributed by atoms with Crippen LogP contribution in [0.5, 0.6) is 0 Å². The van der Waals surface area contributed by atoms with Crippen molar-refractivity contribution in [2.75, 3.05) is 6.54 Å². The maximum atomic E-state index is 11.4. The molecule has 0 bridgehead atoms. The van der Waals surface area contributed by atoms with Gasteiger partial charge in [0, 0.05) is 0 Å². The molecule has 0 spiro atoms. The maximum absolute atomic E-state index is 11.4. The lowest BCUT2D eigenvalue weighted by Gasteiger charge is -2.21. The van der Waals surface area contributed by atoms with Gasteiger partial charge in [-0.25, -0.2) is 0 Å². The molecule has 2 unspecified atom stereocenters. The summed E-state index contributed by atoms with van der Waals surface area (Å²) in [6.45, 7) is 7.18. The van der Waals surface area contributed by atoms with Crippen molar-refractivity contribution < 1.29 is 4.79 Å². The predicted octanol–water partition coefficient (Wildman–Crippen LogP) is 2.28. The number of nitrogens with one attached hydrogen (secondary N) is 1. The molecule has 0 aliphatic carbocycles. The number of carbonyl (C=O) groups is 1. The van der Waals surface area contributed by atoms with Crippen molar-refractivity contribution in [1.82, 2.24) is 5.32 Å². The number of amides is 1. The molecule has 1 amide bonds. The van der Waals surface area contributed by atoms with E-state index in [0.717, 1.165) is 13.0 Å². The van der Waals surface area contributed by atoms with Crippen LogP contribution in [0.25, 0.3) is 0 Å². The maximum Gasteiger partial charge on any atom is 0.234 e. The van der Waals surface area contributed by atoms with Gasteiger partial charge in [-0.3, -0.25) is 4.79 Å². The minimum Gasteiger partial charge on any atom is -0.368 e. The minimum atomic E-state index is -0.265. The molecule has 0 aliphatic rings. The van der Waals surface area contributed by atoms with Crippen molar-refractivity contribution >= 4 is 5.91 Å². The zero-order valence-corrected chi connectivity index (χ0v) is 11.5. The van der Waals surface area contributed by atoms with E-state index >= 15 is 0 Å². The first kappa shape index (κ1) is 14.7. The molecule has 18 heavy (non-hydrogen) atoms. The second-order valence-corrected chi connectivity index (χ2v) is 5.30. The van der Waals surface area contributed by atoms with Gasteiger partial charge in [0.05, 0.1) is 6.04 Å². The van der Waals surface area contributed by atoms with E-state index in [-0.39, 0.29) is 11.9 Å². The van der Waals surface area contributed by atoms with Crippen LogP contribution in [0.2, 0.25) is 0 Å². The third-order valence-electron chi connectivity index (χ3n) is 3.07. The lowest BCUT2D eigenvalue weighted by molar-refractivity contribution is -0.120. The van der Waals surface area contributed by atoms with Crippen LogP contribution in [0.3, 0.4) is 0 Å². The lowest BCUT2D eigenvalue weighted by atomic mass is 9.93. The van der Waals surface area contributed by atoms with Crippen molar-refractivity contribution in [1.29, 1.82) is 0 Å².